The van der Waals surface area contributed by atoms with Crippen LogP contribution in [0.1, 0.15) is 53.2 Å². The van der Waals surface area contributed by atoms with Crippen molar-refractivity contribution in [1.29, 1.82) is 0 Å². The van der Waals surface area contributed by atoms with E-state index in [4.69, 9.17) is 23.2 Å². The van der Waals surface area contributed by atoms with E-state index in [0.29, 0.717) is 31.9 Å². The van der Waals surface area contributed by atoms with Gasteiger partial charge in [-0.1, -0.05) is 30.1 Å². The zero-order chi connectivity index (χ0) is 29.8. The first-order chi connectivity index (χ1) is 18.6. The lowest BCUT2D eigenvalue weighted by atomic mass is 9.99. The van der Waals surface area contributed by atoms with Crippen molar-refractivity contribution in [2.75, 3.05) is 25.9 Å². The number of nitrogens with zero attached hydrogens (tertiary/aromatic N) is 2. The third-order valence-electron chi connectivity index (χ3n) is 6.74. The van der Waals surface area contributed by atoms with Crippen LogP contribution in [0.25, 0.3) is 0 Å². The Hall–Kier alpha value is -2.54. The molecule has 2 aromatic carbocycles. The highest BCUT2D eigenvalue weighted by molar-refractivity contribution is 7.91. The summed E-state index contributed by atoms with van der Waals surface area (Å²) < 4.78 is 67.6. The molecule has 0 aromatic heterocycles. The van der Waals surface area contributed by atoms with E-state index in [9.17, 15) is 36.3 Å². The number of rotatable bonds is 9. The van der Waals surface area contributed by atoms with Gasteiger partial charge in [0.05, 0.1) is 16.2 Å². The normalized spacial score (nSPS) is 16.5. The minimum absolute atomic E-state index is 0.0169. The molecular weight excluding hydrogens is 594 g/mol. The number of carboxylic acid groups (broad SMARTS) is 1. The molecule has 3 rings (SSSR count). The number of sulfone groups is 1. The molecule has 1 aliphatic rings. The van der Waals surface area contributed by atoms with Gasteiger partial charge in [0.1, 0.15) is 0 Å². The van der Waals surface area contributed by atoms with Crippen molar-refractivity contribution in [3.63, 3.8) is 0 Å². The van der Waals surface area contributed by atoms with Crippen LogP contribution in [0.15, 0.2) is 35.2 Å². The quantitative estimate of drug-likeness (QED) is 0.371. The molecule has 0 radical (unpaired) electrons. The number of alkyl halides is 3. The van der Waals surface area contributed by atoms with Gasteiger partial charge in [0, 0.05) is 48.3 Å². The van der Waals surface area contributed by atoms with Crippen LogP contribution >= 0.6 is 23.2 Å². The summed E-state index contributed by atoms with van der Waals surface area (Å²) in [6, 6.07) is 5.61. The van der Waals surface area contributed by atoms with E-state index in [1.807, 2.05) is 0 Å². The lowest BCUT2D eigenvalue weighted by Gasteiger charge is -2.37. The highest BCUT2D eigenvalue weighted by Gasteiger charge is 2.37. The number of likely N-dealkylation sites (tertiary alicyclic amines) is 1. The Bertz CT molecular complexity index is 1370. The summed E-state index contributed by atoms with van der Waals surface area (Å²) in [4.78, 5) is 27.1. The second kappa shape index (κ2) is 13.0. The van der Waals surface area contributed by atoms with Gasteiger partial charge in [-0.2, -0.15) is 13.2 Å². The van der Waals surface area contributed by atoms with Gasteiger partial charge in [-0.3, -0.25) is 9.69 Å². The van der Waals surface area contributed by atoms with Crippen LogP contribution in [-0.2, 0) is 29.1 Å². The summed E-state index contributed by atoms with van der Waals surface area (Å²) in [5.74, 6) is -0.995. The first-order valence-corrected chi connectivity index (χ1v) is 14.9. The average Bonchev–Trinajstić information content (AvgIpc) is 2.87. The summed E-state index contributed by atoms with van der Waals surface area (Å²) in [6.07, 6.45) is -4.38. The lowest BCUT2D eigenvalue weighted by molar-refractivity contribution is -0.138. The molecule has 2 amide bonds. The number of carbonyl (C=O) groups is 2. The van der Waals surface area contributed by atoms with Crippen LogP contribution in [0.2, 0.25) is 10.0 Å². The molecule has 2 N–H and O–H groups in total. The number of likely N-dealkylation sites (N-methyl/N-ethyl adjacent to an activating group) is 1. The minimum Gasteiger partial charge on any atom is -0.465 e. The summed E-state index contributed by atoms with van der Waals surface area (Å²) in [5, 5.41) is 11.7. The fourth-order valence-corrected chi connectivity index (χ4v) is 6.73. The first-order valence-electron chi connectivity index (χ1n) is 12.5. The summed E-state index contributed by atoms with van der Waals surface area (Å²) in [5.41, 5.74) is -1.43. The summed E-state index contributed by atoms with van der Waals surface area (Å²) >= 11 is 12.3. The Morgan fingerprint density at radius 1 is 1.20 bits per heavy atom. The molecule has 0 bridgehead atoms. The van der Waals surface area contributed by atoms with Crippen molar-refractivity contribution in [3.05, 3.63) is 62.6 Å². The molecule has 1 aliphatic heterocycles. The van der Waals surface area contributed by atoms with E-state index < -0.39 is 33.6 Å². The van der Waals surface area contributed by atoms with Gasteiger partial charge in [0.25, 0.3) is 5.91 Å². The number of piperidine rings is 1. The molecule has 8 nitrogen and oxygen atoms in total. The van der Waals surface area contributed by atoms with Gasteiger partial charge in [-0.25, -0.2) is 13.2 Å². The highest BCUT2D eigenvalue weighted by atomic mass is 35.5. The second-order valence-corrected chi connectivity index (χ2v) is 12.6. The molecule has 2 aromatic rings. The number of hydrogen-bond acceptors (Lipinski definition) is 5. The van der Waals surface area contributed by atoms with Gasteiger partial charge >= 0.3 is 12.3 Å². The van der Waals surface area contributed by atoms with Crippen LogP contribution in [0, 0.1) is 0 Å². The maximum atomic E-state index is 14.1. The summed E-state index contributed by atoms with van der Waals surface area (Å²) in [6.45, 7) is 1.94. The van der Waals surface area contributed by atoms with Crippen LogP contribution in [0.4, 0.5) is 18.0 Å². The standard InChI is InChI=1S/C26H30Cl2F3N3O5S/c1-3-9-40(38,39)23-7-6-18(27)10-17(23)13-32-24(35)16-11-21(26(29,30)31)20(22(28)12-16)15-34-8-4-5-19(14-34)33(2)25(36)37/h6-7,10-12,19H,3-5,8-9,13-15H2,1-2H3,(H,32,35)(H,36,37)/t19-/m0/s1. The zero-order valence-electron chi connectivity index (χ0n) is 21.9. The molecule has 40 heavy (non-hydrogen) atoms. The second-order valence-electron chi connectivity index (χ2n) is 9.66. The van der Waals surface area contributed by atoms with Crippen molar-refractivity contribution in [3.8, 4) is 0 Å². The fourth-order valence-electron chi connectivity index (χ4n) is 4.70. The molecule has 1 heterocycles. The van der Waals surface area contributed by atoms with Gasteiger partial charge in [0.15, 0.2) is 9.84 Å². The van der Waals surface area contributed by atoms with Crippen LogP contribution in [0.3, 0.4) is 0 Å². The topological polar surface area (TPSA) is 107 Å². The van der Waals surface area contributed by atoms with Crippen molar-refractivity contribution in [2.24, 2.45) is 0 Å². The molecule has 0 saturated carbocycles. The molecule has 1 saturated heterocycles. The van der Waals surface area contributed by atoms with E-state index in [1.165, 1.54) is 25.2 Å². The molecule has 0 unspecified atom stereocenters. The van der Waals surface area contributed by atoms with Crippen LogP contribution in [-0.4, -0.2) is 67.3 Å². The number of carbonyl (C=O) groups excluding carboxylic acids is 1. The van der Waals surface area contributed by atoms with Gasteiger partial charge < -0.3 is 15.3 Å². The summed E-state index contributed by atoms with van der Waals surface area (Å²) in [7, 11) is -2.24. The number of benzene rings is 2. The SMILES string of the molecule is CCCS(=O)(=O)c1ccc(Cl)cc1CNC(=O)c1cc(Cl)c(CN2CCC[C@H](N(C)C(=O)O)C2)c(C(F)(F)F)c1. The van der Waals surface area contributed by atoms with E-state index in [0.717, 1.165) is 11.0 Å². The molecule has 220 valence electrons. The van der Waals surface area contributed by atoms with Crippen LogP contribution < -0.4 is 5.32 Å². The van der Waals surface area contributed by atoms with Crippen molar-refractivity contribution < 1.29 is 36.3 Å². The first kappa shape index (κ1) is 32.0. The highest BCUT2D eigenvalue weighted by Crippen LogP contribution is 2.37. The predicted molar refractivity (Wildman–Crippen MR) is 146 cm³/mol. The molecule has 14 heteroatoms. The maximum Gasteiger partial charge on any atom is 0.416 e. The lowest BCUT2D eigenvalue weighted by Crippen LogP contribution is -2.48. The Balaban J connectivity index is 1.85. The Morgan fingerprint density at radius 2 is 1.90 bits per heavy atom. The maximum absolute atomic E-state index is 14.1. The number of halogens is 5. The predicted octanol–water partition coefficient (Wildman–Crippen LogP) is 5.70. The largest absolute Gasteiger partial charge is 0.465 e. The third-order valence-corrected chi connectivity index (χ3v) is 9.33. The van der Waals surface area contributed by atoms with E-state index in [1.54, 1.807) is 11.8 Å². The van der Waals surface area contributed by atoms with Gasteiger partial charge in [-0.15, -0.1) is 0 Å². The molecule has 0 aliphatic carbocycles. The third kappa shape index (κ3) is 7.80. The van der Waals surface area contributed by atoms with Gasteiger partial charge in [-0.05, 0) is 67.3 Å². The minimum atomic E-state index is -4.82. The van der Waals surface area contributed by atoms with Gasteiger partial charge in [0.2, 0.25) is 0 Å². The molecule has 1 atom stereocenters. The Morgan fingerprint density at radius 3 is 2.52 bits per heavy atom. The monoisotopic (exact) mass is 623 g/mol. The van der Waals surface area contributed by atoms with E-state index in [-0.39, 0.29) is 63.1 Å². The zero-order valence-corrected chi connectivity index (χ0v) is 24.2. The van der Waals surface area contributed by atoms with Crippen molar-refractivity contribution >= 4 is 45.0 Å². The smallest absolute Gasteiger partial charge is 0.416 e. The Kier molecular flexibility index (Phi) is 10.4. The number of amides is 2. The number of hydrogen-bond donors (Lipinski definition) is 2. The molecule has 0 spiro atoms. The molecular formula is C26H30Cl2F3N3O5S. The Labute approximate surface area is 241 Å². The number of nitrogens with one attached hydrogen (secondary N) is 1. The molecule has 1 fully saturated rings. The van der Waals surface area contributed by atoms with E-state index in [2.05, 4.69) is 5.32 Å². The van der Waals surface area contributed by atoms with Crippen LogP contribution in [0.5, 0.6) is 0 Å². The van der Waals surface area contributed by atoms with E-state index >= 15 is 0 Å². The average molecular weight is 625 g/mol. The van der Waals surface area contributed by atoms with Crippen molar-refractivity contribution in [1.82, 2.24) is 15.1 Å². The fraction of sp³-hybridized carbons (Fsp3) is 0.462. The van der Waals surface area contributed by atoms with Crippen molar-refractivity contribution in [2.45, 2.75) is 56.4 Å².